The number of hydrogen-bond acceptors (Lipinski definition) is 3. The smallest absolute Gasteiger partial charge is 0.323 e. The van der Waals surface area contributed by atoms with Crippen molar-refractivity contribution >= 4 is 18.0 Å². The van der Waals surface area contributed by atoms with Gasteiger partial charge in [-0.2, -0.15) is 0 Å². The minimum Gasteiger partial charge on any atom is -0.480 e. The van der Waals surface area contributed by atoms with E-state index in [1.54, 1.807) is 24.3 Å². The first kappa shape index (κ1) is 17.1. The van der Waals surface area contributed by atoms with Crippen LogP contribution in [0.1, 0.15) is 24.8 Å². The lowest BCUT2D eigenvalue weighted by Gasteiger charge is -2.33. The number of halogens is 1. The molecule has 6 heteroatoms. The van der Waals surface area contributed by atoms with Crippen molar-refractivity contribution in [1.29, 1.82) is 0 Å². The number of carboxylic acids is 1. The van der Waals surface area contributed by atoms with Crippen LogP contribution in [0.2, 0.25) is 0 Å². The predicted molar refractivity (Wildman–Crippen MR) is 83.2 cm³/mol. The molecule has 1 amide bonds. The molecule has 0 radical (unpaired) electrons. The zero-order chi connectivity index (χ0) is 16.7. The number of aliphatic carboxylic acids is 1. The molecule has 1 heterocycles. The number of amides is 1. The molecule has 0 aliphatic carbocycles. The van der Waals surface area contributed by atoms with Gasteiger partial charge in [0.2, 0.25) is 5.91 Å². The number of carbonyl (C=O) groups excluding carboxylic acids is 1. The quantitative estimate of drug-likeness (QED) is 0.873. The van der Waals surface area contributed by atoms with Crippen molar-refractivity contribution in [3.05, 3.63) is 41.7 Å². The zero-order valence-electron chi connectivity index (χ0n) is 12.8. The fourth-order valence-corrected chi connectivity index (χ4v) is 2.59. The van der Waals surface area contributed by atoms with Gasteiger partial charge in [-0.25, -0.2) is 4.39 Å². The Morgan fingerprint density at radius 2 is 2.09 bits per heavy atom. The van der Waals surface area contributed by atoms with Gasteiger partial charge >= 0.3 is 5.97 Å². The Morgan fingerprint density at radius 1 is 1.35 bits per heavy atom. The highest BCUT2D eigenvalue weighted by molar-refractivity contribution is 5.83. The van der Waals surface area contributed by atoms with Crippen LogP contribution < -0.4 is 0 Å². The maximum Gasteiger partial charge on any atom is 0.323 e. The van der Waals surface area contributed by atoms with E-state index in [1.165, 1.54) is 17.0 Å². The molecule has 1 aromatic rings. The number of nitrogens with zero attached hydrogens (tertiary/aromatic N) is 1. The average molecular weight is 321 g/mol. The Balaban J connectivity index is 1.97. The molecule has 0 aromatic heterocycles. The van der Waals surface area contributed by atoms with E-state index in [9.17, 15) is 14.0 Å². The van der Waals surface area contributed by atoms with E-state index in [2.05, 4.69) is 0 Å². The van der Waals surface area contributed by atoms with Gasteiger partial charge in [0.05, 0.1) is 0 Å². The summed E-state index contributed by atoms with van der Waals surface area (Å²) in [7, 11) is 0. The topological polar surface area (TPSA) is 66.8 Å². The Labute approximate surface area is 134 Å². The standard InChI is InChI=1S/C17H20FNO4/c18-14-5-1-3-13(11-14)4-2-6-16(20)19(12-17(21)22)15-7-9-23-10-8-15/h1-5,11,15H,6-10,12H2,(H,21,22). The van der Waals surface area contributed by atoms with Crippen LogP contribution in [0.5, 0.6) is 0 Å². The minimum absolute atomic E-state index is 0.0845. The normalized spacial score (nSPS) is 15.7. The predicted octanol–water partition coefficient (Wildman–Crippen LogP) is 2.32. The van der Waals surface area contributed by atoms with Crippen LogP contribution in [-0.4, -0.2) is 47.7 Å². The molecule has 1 fully saturated rings. The highest BCUT2D eigenvalue weighted by atomic mass is 19.1. The van der Waals surface area contributed by atoms with Gasteiger partial charge in [-0.3, -0.25) is 9.59 Å². The molecule has 0 saturated carbocycles. The van der Waals surface area contributed by atoms with Crippen LogP contribution in [0.4, 0.5) is 4.39 Å². The highest BCUT2D eigenvalue weighted by Gasteiger charge is 2.26. The van der Waals surface area contributed by atoms with Crippen LogP contribution in [0.25, 0.3) is 6.08 Å². The van der Waals surface area contributed by atoms with E-state index < -0.39 is 5.97 Å². The molecule has 0 spiro atoms. The third-order valence-electron chi connectivity index (χ3n) is 3.71. The summed E-state index contributed by atoms with van der Waals surface area (Å²) < 4.78 is 18.3. The molecule has 0 bridgehead atoms. The maximum atomic E-state index is 13.1. The molecule has 1 N–H and O–H groups in total. The lowest BCUT2D eigenvalue weighted by Crippen LogP contribution is -2.45. The Hall–Kier alpha value is -2.21. The van der Waals surface area contributed by atoms with Crippen LogP contribution in [-0.2, 0) is 14.3 Å². The second-order valence-corrected chi connectivity index (χ2v) is 5.42. The molecule has 1 saturated heterocycles. The largest absolute Gasteiger partial charge is 0.480 e. The van der Waals surface area contributed by atoms with Crippen LogP contribution >= 0.6 is 0 Å². The molecule has 5 nitrogen and oxygen atoms in total. The van der Waals surface area contributed by atoms with Crippen molar-refractivity contribution in [3.63, 3.8) is 0 Å². The Kier molecular flexibility index (Phi) is 6.29. The van der Waals surface area contributed by atoms with E-state index in [0.29, 0.717) is 31.6 Å². The fourth-order valence-electron chi connectivity index (χ4n) is 2.59. The number of carboxylic acid groups (broad SMARTS) is 1. The summed E-state index contributed by atoms with van der Waals surface area (Å²) in [5.74, 6) is -1.61. The summed E-state index contributed by atoms with van der Waals surface area (Å²) in [6.07, 6.45) is 4.66. The maximum absolute atomic E-state index is 13.1. The molecular weight excluding hydrogens is 301 g/mol. The van der Waals surface area contributed by atoms with Crippen LogP contribution in [0.3, 0.4) is 0 Å². The van der Waals surface area contributed by atoms with Gasteiger partial charge in [-0.05, 0) is 30.5 Å². The minimum atomic E-state index is -1.03. The molecule has 1 aliphatic rings. The lowest BCUT2D eigenvalue weighted by molar-refractivity contribution is -0.147. The molecule has 1 aromatic carbocycles. The van der Waals surface area contributed by atoms with Crippen LogP contribution in [0, 0.1) is 5.82 Å². The summed E-state index contributed by atoms with van der Waals surface area (Å²) in [6.45, 7) is 0.762. The summed E-state index contributed by atoms with van der Waals surface area (Å²) in [5.41, 5.74) is 0.661. The number of hydrogen-bond donors (Lipinski definition) is 1. The molecule has 2 rings (SSSR count). The molecule has 124 valence electrons. The third-order valence-corrected chi connectivity index (χ3v) is 3.71. The van der Waals surface area contributed by atoms with E-state index in [0.717, 1.165) is 0 Å². The lowest BCUT2D eigenvalue weighted by atomic mass is 10.1. The van der Waals surface area contributed by atoms with Gasteiger partial charge in [-0.1, -0.05) is 24.3 Å². The van der Waals surface area contributed by atoms with Crippen molar-refractivity contribution in [1.82, 2.24) is 4.90 Å². The first-order chi connectivity index (χ1) is 11.1. The third kappa shape index (κ3) is 5.49. The first-order valence-electron chi connectivity index (χ1n) is 7.57. The van der Waals surface area contributed by atoms with Gasteiger partial charge in [0, 0.05) is 25.7 Å². The Bertz CT molecular complexity index is 582. The van der Waals surface area contributed by atoms with E-state index in [4.69, 9.17) is 9.84 Å². The van der Waals surface area contributed by atoms with Crippen molar-refractivity contribution in [2.45, 2.75) is 25.3 Å². The van der Waals surface area contributed by atoms with E-state index >= 15 is 0 Å². The summed E-state index contributed by atoms with van der Waals surface area (Å²) in [5, 5.41) is 9.01. The summed E-state index contributed by atoms with van der Waals surface area (Å²) in [4.78, 5) is 24.7. The summed E-state index contributed by atoms with van der Waals surface area (Å²) >= 11 is 0. The zero-order valence-corrected chi connectivity index (χ0v) is 12.8. The number of ether oxygens (including phenoxy) is 1. The second-order valence-electron chi connectivity index (χ2n) is 5.42. The molecule has 23 heavy (non-hydrogen) atoms. The Morgan fingerprint density at radius 3 is 2.74 bits per heavy atom. The monoisotopic (exact) mass is 321 g/mol. The molecular formula is C17H20FNO4. The van der Waals surface area contributed by atoms with E-state index in [1.807, 2.05) is 0 Å². The van der Waals surface area contributed by atoms with E-state index in [-0.39, 0.29) is 30.7 Å². The molecule has 1 aliphatic heterocycles. The fraction of sp³-hybridized carbons (Fsp3) is 0.412. The number of carbonyl (C=O) groups is 2. The second kappa shape index (κ2) is 8.43. The SMILES string of the molecule is O=C(O)CN(C(=O)CC=Cc1cccc(F)c1)C1CCOCC1. The van der Waals surface area contributed by atoms with Gasteiger partial charge in [-0.15, -0.1) is 0 Å². The van der Waals surface area contributed by atoms with Gasteiger partial charge < -0.3 is 14.7 Å². The van der Waals surface area contributed by atoms with Crippen molar-refractivity contribution in [2.75, 3.05) is 19.8 Å². The first-order valence-corrected chi connectivity index (χ1v) is 7.57. The van der Waals surface area contributed by atoms with Gasteiger partial charge in [0.1, 0.15) is 12.4 Å². The van der Waals surface area contributed by atoms with Crippen molar-refractivity contribution in [2.24, 2.45) is 0 Å². The van der Waals surface area contributed by atoms with Crippen molar-refractivity contribution in [3.8, 4) is 0 Å². The highest BCUT2D eigenvalue weighted by Crippen LogP contribution is 2.16. The molecule has 0 atom stereocenters. The van der Waals surface area contributed by atoms with Crippen LogP contribution in [0.15, 0.2) is 30.3 Å². The molecule has 0 unspecified atom stereocenters. The summed E-state index contributed by atoms with van der Waals surface area (Å²) in [6, 6.07) is 5.94. The average Bonchev–Trinajstić information content (AvgIpc) is 2.53. The van der Waals surface area contributed by atoms with Gasteiger partial charge in [0.15, 0.2) is 0 Å². The van der Waals surface area contributed by atoms with Gasteiger partial charge in [0.25, 0.3) is 0 Å². The number of rotatable bonds is 6. The number of benzene rings is 1. The van der Waals surface area contributed by atoms with Crippen molar-refractivity contribution < 1.29 is 23.8 Å².